The summed E-state index contributed by atoms with van der Waals surface area (Å²) in [5.41, 5.74) is 6.76. The Hall–Kier alpha value is -1.62. The smallest absolute Gasteiger partial charge is 0.234 e. The van der Waals surface area contributed by atoms with Gasteiger partial charge in [0.15, 0.2) is 0 Å². The highest BCUT2D eigenvalue weighted by molar-refractivity contribution is 5.78. The number of carbonyl (C=O) groups is 1. The van der Waals surface area contributed by atoms with E-state index < -0.39 is 0 Å². The van der Waals surface area contributed by atoms with Crippen molar-refractivity contribution in [1.29, 1.82) is 0 Å². The van der Waals surface area contributed by atoms with Crippen molar-refractivity contribution >= 4 is 11.7 Å². The topological polar surface area (TPSA) is 71.2 Å². The number of pyridine rings is 1. The van der Waals surface area contributed by atoms with Crippen LogP contribution in [0, 0.1) is 0 Å². The van der Waals surface area contributed by atoms with E-state index in [9.17, 15) is 4.79 Å². The Kier molecular flexibility index (Phi) is 3.36. The number of carbonyl (C=O) groups excluding carboxylic acids is 1. The van der Waals surface area contributed by atoms with Crippen LogP contribution in [0.2, 0.25) is 0 Å². The molecule has 5 nitrogen and oxygen atoms in total. The summed E-state index contributed by atoms with van der Waals surface area (Å²) in [6, 6.07) is 3.81. The SMILES string of the molecule is Nc1ncccc1CN1CCCNC(=O)C1. The molecule has 1 fully saturated rings. The maximum atomic E-state index is 11.4. The monoisotopic (exact) mass is 220 g/mol. The van der Waals surface area contributed by atoms with Crippen molar-refractivity contribution in [2.45, 2.75) is 13.0 Å². The molecule has 86 valence electrons. The van der Waals surface area contributed by atoms with Gasteiger partial charge in [0.2, 0.25) is 5.91 Å². The maximum Gasteiger partial charge on any atom is 0.234 e. The van der Waals surface area contributed by atoms with Gasteiger partial charge < -0.3 is 11.1 Å². The standard InChI is InChI=1S/C11H16N4O/c12-11-9(3-1-4-14-11)7-15-6-2-5-13-10(16)8-15/h1,3-4H,2,5-8H2,(H2,12,14)(H,13,16). The van der Waals surface area contributed by atoms with E-state index in [0.717, 1.165) is 25.1 Å². The van der Waals surface area contributed by atoms with E-state index in [4.69, 9.17) is 5.73 Å². The zero-order valence-corrected chi connectivity index (χ0v) is 9.15. The van der Waals surface area contributed by atoms with Crippen LogP contribution in [-0.2, 0) is 11.3 Å². The summed E-state index contributed by atoms with van der Waals surface area (Å²) in [5.74, 6) is 0.632. The van der Waals surface area contributed by atoms with Crippen LogP contribution in [0.1, 0.15) is 12.0 Å². The molecule has 16 heavy (non-hydrogen) atoms. The maximum absolute atomic E-state index is 11.4. The molecule has 1 aliphatic heterocycles. The van der Waals surface area contributed by atoms with E-state index in [2.05, 4.69) is 15.2 Å². The summed E-state index contributed by atoms with van der Waals surface area (Å²) in [7, 11) is 0. The lowest BCUT2D eigenvalue weighted by Crippen LogP contribution is -2.32. The average molecular weight is 220 g/mol. The third-order valence-electron chi connectivity index (χ3n) is 2.66. The molecular weight excluding hydrogens is 204 g/mol. The first-order valence-electron chi connectivity index (χ1n) is 5.44. The second-order valence-corrected chi connectivity index (χ2v) is 3.96. The Morgan fingerprint density at radius 2 is 2.44 bits per heavy atom. The summed E-state index contributed by atoms with van der Waals surface area (Å²) >= 11 is 0. The summed E-state index contributed by atoms with van der Waals surface area (Å²) in [4.78, 5) is 17.5. The minimum atomic E-state index is 0.0833. The van der Waals surface area contributed by atoms with E-state index in [-0.39, 0.29) is 5.91 Å². The zero-order valence-electron chi connectivity index (χ0n) is 9.15. The van der Waals surface area contributed by atoms with Crippen molar-refractivity contribution in [1.82, 2.24) is 15.2 Å². The Morgan fingerprint density at radius 1 is 1.56 bits per heavy atom. The minimum Gasteiger partial charge on any atom is -0.383 e. The Bertz CT molecular complexity index is 380. The summed E-state index contributed by atoms with van der Waals surface area (Å²) in [6.45, 7) is 2.80. The van der Waals surface area contributed by atoms with Gasteiger partial charge in [-0.25, -0.2) is 4.98 Å². The predicted octanol–water partition coefficient (Wildman–Crippen LogP) is -0.0143. The largest absolute Gasteiger partial charge is 0.383 e. The normalized spacial score (nSPS) is 17.9. The first-order valence-corrected chi connectivity index (χ1v) is 5.44. The molecule has 1 aromatic rings. The summed E-state index contributed by atoms with van der Waals surface area (Å²) in [6.07, 6.45) is 2.65. The number of hydrogen-bond acceptors (Lipinski definition) is 4. The number of nitrogen functional groups attached to an aromatic ring is 1. The lowest BCUT2D eigenvalue weighted by Gasteiger charge is -2.18. The third-order valence-corrected chi connectivity index (χ3v) is 2.66. The van der Waals surface area contributed by atoms with Crippen LogP contribution >= 0.6 is 0 Å². The number of anilines is 1. The molecule has 0 radical (unpaired) electrons. The fourth-order valence-corrected chi connectivity index (χ4v) is 1.83. The molecule has 0 saturated carbocycles. The zero-order chi connectivity index (χ0) is 11.4. The lowest BCUT2D eigenvalue weighted by atomic mass is 10.2. The molecule has 5 heteroatoms. The Labute approximate surface area is 94.6 Å². The first kappa shape index (κ1) is 10.9. The predicted molar refractivity (Wildman–Crippen MR) is 61.6 cm³/mol. The highest BCUT2D eigenvalue weighted by Gasteiger charge is 2.15. The molecule has 1 saturated heterocycles. The first-order chi connectivity index (χ1) is 7.75. The highest BCUT2D eigenvalue weighted by atomic mass is 16.2. The van der Waals surface area contributed by atoms with Gasteiger partial charge in [-0.05, 0) is 12.5 Å². The van der Waals surface area contributed by atoms with Crippen LogP contribution < -0.4 is 11.1 Å². The molecule has 0 aliphatic carbocycles. The van der Waals surface area contributed by atoms with E-state index in [0.29, 0.717) is 18.9 Å². The molecule has 1 aliphatic rings. The highest BCUT2D eigenvalue weighted by Crippen LogP contribution is 2.11. The van der Waals surface area contributed by atoms with Crippen LogP contribution in [0.5, 0.6) is 0 Å². The van der Waals surface area contributed by atoms with Gasteiger partial charge in [-0.3, -0.25) is 9.69 Å². The second kappa shape index (κ2) is 4.94. The molecule has 0 spiro atoms. The van der Waals surface area contributed by atoms with Gasteiger partial charge in [0.1, 0.15) is 5.82 Å². The molecule has 2 heterocycles. The van der Waals surface area contributed by atoms with Gasteiger partial charge in [-0.1, -0.05) is 6.07 Å². The number of nitrogens with zero attached hydrogens (tertiary/aromatic N) is 2. The van der Waals surface area contributed by atoms with Crippen LogP contribution in [-0.4, -0.2) is 35.4 Å². The number of hydrogen-bond donors (Lipinski definition) is 2. The number of rotatable bonds is 2. The molecule has 1 aromatic heterocycles. The van der Waals surface area contributed by atoms with Crippen LogP contribution in [0.15, 0.2) is 18.3 Å². The van der Waals surface area contributed by atoms with Gasteiger partial charge in [-0.15, -0.1) is 0 Å². The fraction of sp³-hybridized carbons (Fsp3) is 0.455. The number of nitrogens with one attached hydrogen (secondary N) is 1. The second-order valence-electron chi connectivity index (χ2n) is 3.96. The molecule has 0 bridgehead atoms. The molecule has 0 unspecified atom stereocenters. The van der Waals surface area contributed by atoms with Crippen LogP contribution in [0.25, 0.3) is 0 Å². The van der Waals surface area contributed by atoms with Crippen molar-refractivity contribution < 1.29 is 4.79 Å². The van der Waals surface area contributed by atoms with Crippen LogP contribution in [0.4, 0.5) is 5.82 Å². The van der Waals surface area contributed by atoms with Gasteiger partial charge >= 0.3 is 0 Å². The molecule has 0 aromatic carbocycles. The lowest BCUT2D eigenvalue weighted by molar-refractivity contribution is -0.121. The van der Waals surface area contributed by atoms with E-state index in [1.807, 2.05) is 12.1 Å². The van der Waals surface area contributed by atoms with E-state index >= 15 is 0 Å². The summed E-state index contributed by atoms with van der Waals surface area (Å²) < 4.78 is 0. The van der Waals surface area contributed by atoms with E-state index in [1.165, 1.54) is 0 Å². The molecule has 0 atom stereocenters. The quantitative estimate of drug-likeness (QED) is 0.735. The van der Waals surface area contributed by atoms with Crippen molar-refractivity contribution in [2.75, 3.05) is 25.4 Å². The van der Waals surface area contributed by atoms with Crippen molar-refractivity contribution in [2.24, 2.45) is 0 Å². The minimum absolute atomic E-state index is 0.0833. The van der Waals surface area contributed by atoms with Gasteiger partial charge in [0, 0.05) is 31.4 Å². The number of amides is 1. The van der Waals surface area contributed by atoms with E-state index in [1.54, 1.807) is 6.20 Å². The average Bonchev–Trinajstić information content (AvgIpc) is 2.46. The molecule has 3 N–H and O–H groups in total. The number of aromatic nitrogens is 1. The van der Waals surface area contributed by atoms with Gasteiger partial charge in [0.25, 0.3) is 0 Å². The third kappa shape index (κ3) is 2.70. The van der Waals surface area contributed by atoms with Crippen molar-refractivity contribution in [3.05, 3.63) is 23.9 Å². The van der Waals surface area contributed by atoms with Gasteiger partial charge in [0.05, 0.1) is 6.54 Å². The fourth-order valence-electron chi connectivity index (χ4n) is 1.83. The molecule has 1 amide bonds. The van der Waals surface area contributed by atoms with Crippen molar-refractivity contribution in [3.8, 4) is 0 Å². The molecular formula is C11H16N4O. The Morgan fingerprint density at radius 3 is 3.25 bits per heavy atom. The van der Waals surface area contributed by atoms with Gasteiger partial charge in [-0.2, -0.15) is 0 Å². The number of nitrogens with two attached hydrogens (primary N) is 1. The summed E-state index contributed by atoms with van der Waals surface area (Å²) in [5, 5.41) is 2.85. The van der Waals surface area contributed by atoms with Crippen molar-refractivity contribution in [3.63, 3.8) is 0 Å². The van der Waals surface area contributed by atoms with Crippen LogP contribution in [0.3, 0.4) is 0 Å². The Balaban J connectivity index is 2.03. The molecule has 2 rings (SSSR count).